The Labute approximate surface area is 267 Å². The Kier molecular flexibility index (Phi) is 7.48. The van der Waals surface area contributed by atoms with E-state index in [4.69, 9.17) is 54.9 Å². The van der Waals surface area contributed by atoms with Gasteiger partial charge in [-0.05, 0) is 87.9 Å². The molecule has 10 heteroatoms. The minimum atomic E-state index is -0.849. The van der Waals surface area contributed by atoms with Crippen LogP contribution < -0.4 is 0 Å². The van der Waals surface area contributed by atoms with E-state index in [0.29, 0.717) is 24.2 Å². The molecule has 0 N–H and O–H groups in total. The van der Waals surface area contributed by atoms with Crippen molar-refractivity contribution in [2.45, 2.75) is 147 Å². The summed E-state index contributed by atoms with van der Waals surface area (Å²) in [4.78, 5) is 30.6. The monoisotopic (exact) mass is 629 g/mol. The molecule has 2 aliphatic carbocycles. The molecule has 10 nitrogen and oxygen atoms in total. The molecule has 10 fully saturated rings. The van der Waals surface area contributed by atoms with Gasteiger partial charge in [0.1, 0.15) is 6.10 Å². The van der Waals surface area contributed by atoms with Gasteiger partial charge in [0.05, 0.1) is 11.8 Å². The zero-order valence-corrected chi connectivity index (χ0v) is 27.7. The lowest BCUT2D eigenvalue weighted by Crippen LogP contribution is -2.71. The molecule has 10 rings (SSSR count). The molecule has 8 aliphatic heterocycles. The van der Waals surface area contributed by atoms with E-state index in [1.807, 2.05) is 13.8 Å². The number of terminal acetylenes is 1. The summed E-state index contributed by atoms with van der Waals surface area (Å²) in [5.41, 5.74) is -0.479. The Morgan fingerprint density at radius 1 is 0.733 bits per heavy atom. The first kappa shape index (κ1) is 31.0. The van der Waals surface area contributed by atoms with Gasteiger partial charge < -0.3 is 23.8 Å². The summed E-state index contributed by atoms with van der Waals surface area (Å²) in [5, 5.41) is 4.69. The minimum absolute atomic E-state index is 0.0741. The maximum absolute atomic E-state index is 6.99. The zero-order chi connectivity index (χ0) is 31.4. The van der Waals surface area contributed by atoms with Crippen molar-refractivity contribution in [2.75, 3.05) is 6.61 Å². The molecule has 0 aromatic rings. The first-order chi connectivity index (χ1) is 21.5. The Balaban J connectivity index is 1.11. The lowest BCUT2D eigenvalue weighted by atomic mass is 9.56. The molecule has 45 heavy (non-hydrogen) atoms. The van der Waals surface area contributed by atoms with Gasteiger partial charge in [0.25, 0.3) is 0 Å². The molecule has 10 aliphatic rings. The third-order valence-electron chi connectivity index (χ3n) is 13.5. The molecule has 4 bridgehead atoms. The Bertz CT molecular complexity index is 1240. The SMILES string of the molecule is C#CCO/N=C(/C[C@H]1O[C@@H]2O[C@@]3(C)CC[C@H]4[C@H](C)CC[C@@H]([C@H]1C)[C@@]24OO3)[C@H]1O[C@@H]2O[C@@]3(C)CC[C@H]4[C@H](C)CC[C@@H]([C@H]1C)[C@@]24OO3. The number of ether oxygens (including phenoxy) is 4. The van der Waals surface area contributed by atoms with Gasteiger partial charge in [-0.1, -0.05) is 38.8 Å². The Hall–Kier alpha value is -1.29. The first-order valence-electron chi connectivity index (χ1n) is 17.6. The van der Waals surface area contributed by atoms with E-state index in [9.17, 15) is 0 Å². The number of fused-ring (bicyclic) bond motifs is 4. The summed E-state index contributed by atoms with van der Waals surface area (Å²) in [6.45, 7) is 13.2. The van der Waals surface area contributed by atoms with Gasteiger partial charge >= 0.3 is 0 Å². The average Bonchev–Trinajstić information content (AvgIpc) is 3.38. The second-order valence-electron chi connectivity index (χ2n) is 16.0. The van der Waals surface area contributed by atoms with Gasteiger partial charge in [-0.15, -0.1) is 6.42 Å². The summed E-state index contributed by atoms with van der Waals surface area (Å²) in [6.07, 6.45) is 12.3. The van der Waals surface area contributed by atoms with E-state index >= 15 is 0 Å². The molecule has 8 heterocycles. The van der Waals surface area contributed by atoms with Crippen LogP contribution in [0.2, 0.25) is 0 Å². The summed E-state index contributed by atoms with van der Waals surface area (Å²) in [6, 6.07) is 0. The molecule has 0 unspecified atom stereocenters. The van der Waals surface area contributed by atoms with E-state index in [-0.39, 0.29) is 48.4 Å². The fourth-order valence-electron chi connectivity index (χ4n) is 11.1. The van der Waals surface area contributed by atoms with Crippen molar-refractivity contribution in [1.29, 1.82) is 0 Å². The van der Waals surface area contributed by atoms with E-state index in [1.165, 1.54) is 0 Å². The van der Waals surface area contributed by atoms with E-state index in [1.54, 1.807) is 0 Å². The second kappa shape index (κ2) is 10.9. The Morgan fingerprint density at radius 3 is 1.87 bits per heavy atom. The number of oxime groups is 1. The first-order valence-corrected chi connectivity index (χ1v) is 17.6. The van der Waals surface area contributed by atoms with Crippen molar-refractivity contribution in [1.82, 2.24) is 0 Å². The average molecular weight is 630 g/mol. The minimum Gasteiger partial charge on any atom is -0.383 e. The normalized spacial score (nSPS) is 56.8. The smallest absolute Gasteiger partial charge is 0.201 e. The van der Waals surface area contributed by atoms with Crippen molar-refractivity contribution >= 4 is 5.71 Å². The van der Waals surface area contributed by atoms with E-state index in [0.717, 1.165) is 57.1 Å². The maximum Gasteiger partial charge on any atom is 0.201 e. The highest BCUT2D eigenvalue weighted by atomic mass is 17.3. The van der Waals surface area contributed by atoms with Crippen molar-refractivity contribution in [3.63, 3.8) is 0 Å². The molecule has 2 spiro atoms. The van der Waals surface area contributed by atoms with Gasteiger partial charge in [-0.25, -0.2) is 19.6 Å². The predicted octanol–water partition coefficient (Wildman–Crippen LogP) is 5.88. The van der Waals surface area contributed by atoms with Crippen molar-refractivity contribution in [3.05, 3.63) is 0 Å². The molecule has 16 atom stereocenters. The molecule has 2 saturated carbocycles. The highest BCUT2D eigenvalue weighted by Crippen LogP contribution is 2.63. The van der Waals surface area contributed by atoms with Crippen molar-refractivity contribution < 1.29 is 43.3 Å². The lowest BCUT2D eigenvalue weighted by Gasteiger charge is -2.61. The van der Waals surface area contributed by atoms with Crippen LogP contribution in [0.15, 0.2) is 5.16 Å². The molecule has 250 valence electrons. The largest absolute Gasteiger partial charge is 0.383 e. The summed E-state index contributed by atoms with van der Waals surface area (Å²) in [7, 11) is 0. The van der Waals surface area contributed by atoms with Gasteiger partial charge in [-0.3, -0.25) is 0 Å². The van der Waals surface area contributed by atoms with Crippen LogP contribution in [0.5, 0.6) is 0 Å². The predicted molar refractivity (Wildman–Crippen MR) is 160 cm³/mol. The lowest BCUT2D eigenvalue weighted by molar-refractivity contribution is -0.571. The molecular weight excluding hydrogens is 578 g/mol. The summed E-state index contributed by atoms with van der Waals surface area (Å²) >= 11 is 0. The fourth-order valence-corrected chi connectivity index (χ4v) is 11.1. The molecule has 0 amide bonds. The standard InChI is InChI=1S/C35H51NO9/c1-8-17-37-36-27(29-22(5)26-12-10-20(3)24-14-16-33(7)41-31(39-29)35(24,26)45-43-33)18-28-21(4)25-11-9-19(2)23-13-15-32(6)40-30(38-28)34(23,25)44-42-32/h1,19-26,28-31H,9-18H2,2-7H3/b36-27-/t19-,20-,21-,22-,23+,24+,25+,26+,28-,29+,30-,31-,32-,33-,34-,35-/m1/s1. The van der Waals surface area contributed by atoms with Crippen LogP contribution in [-0.4, -0.2) is 59.9 Å². The number of hydrogen-bond donors (Lipinski definition) is 0. The molecule has 0 radical (unpaired) electrons. The van der Waals surface area contributed by atoms with Crippen LogP contribution >= 0.6 is 0 Å². The molecular formula is C35H51NO9. The quantitative estimate of drug-likeness (QED) is 0.121. The van der Waals surface area contributed by atoms with Gasteiger partial charge in [-0.2, -0.15) is 0 Å². The number of rotatable bonds is 5. The van der Waals surface area contributed by atoms with E-state index in [2.05, 4.69) is 33.6 Å². The molecule has 8 saturated heterocycles. The van der Waals surface area contributed by atoms with Crippen molar-refractivity contribution in [2.24, 2.45) is 52.5 Å². The van der Waals surface area contributed by atoms with Crippen LogP contribution in [0.4, 0.5) is 0 Å². The third kappa shape index (κ3) is 4.48. The zero-order valence-electron chi connectivity index (χ0n) is 27.7. The van der Waals surface area contributed by atoms with Crippen molar-refractivity contribution in [3.8, 4) is 12.3 Å². The highest BCUT2D eigenvalue weighted by Gasteiger charge is 2.71. The Morgan fingerprint density at radius 2 is 1.29 bits per heavy atom. The van der Waals surface area contributed by atoms with Crippen LogP contribution in [0.1, 0.15) is 99.3 Å². The van der Waals surface area contributed by atoms with Crippen LogP contribution in [-0.2, 0) is 43.3 Å². The molecule has 0 aromatic carbocycles. The van der Waals surface area contributed by atoms with Gasteiger partial charge in [0.15, 0.2) is 30.4 Å². The number of nitrogens with zero attached hydrogens (tertiary/aromatic N) is 1. The fraction of sp³-hybridized carbons (Fsp3) is 0.914. The second-order valence-corrected chi connectivity index (χ2v) is 16.0. The maximum atomic E-state index is 6.99. The summed E-state index contributed by atoms with van der Waals surface area (Å²) in [5.74, 6) is 3.10. The topological polar surface area (TPSA) is 95.4 Å². The van der Waals surface area contributed by atoms with Gasteiger partial charge in [0, 0.05) is 31.1 Å². The number of hydrogen-bond acceptors (Lipinski definition) is 10. The summed E-state index contributed by atoms with van der Waals surface area (Å²) < 4.78 is 27.3. The van der Waals surface area contributed by atoms with Crippen LogP contribution in [0, 0.1) is 59.7 Å². The highest BCUT2D eigenvalue weighted by molar-refractivity contribution is 5.89. The molecule has 0 aromatic heterocycles. The van der Waals surface area contributed by atoms with E-state index < -0.39 is 35.4 Å². The van der Waals surface area contributed by atoms with Crippen LogP contribution in [0.25, 0.3) is 0 Å². The van der Waals surface area contributed by atoms with Crippen LogP contribution in [0.3, 0.4) is 0 Å². The van der Waals surface area contributed by atoms with Gasteiger partial charge in [0.2, 0.25) is 11.6 Å². The third-order valence-corrected chi connectivity index (χ3v) is 13.5.